The Labute approximate surface area is 208 Å². The van der Waals surface area contributed by atoms with Crippen molar-refractivity contribution in [1.29, 1.82) is 0 Å². The van der Waals surface area contributed by atoms with E-state index in [1.807, 2.05) is 38.1 Å². The van der Waals surface area contributed by atoms with Crippen LogP contribution in [0.15, 0.2) is 66.9 Å². The highest BCUT2D eigenvalue weighted by atomic mass is 19.1. The molecule has 186 valence electrons. The monoisotopic (exact) mass is 489 g/mol. The maximum atomic E-state index is 13.6. The standard InChI is InChI=1S/C28H28FN3O4/c1-28(2,16-31-27(34)22-15-30-23-11-8-19(29)14-21(22)23)18-6-9-20(10-7-18)32-26(33)17-5-12-24(35-3)25(13-17)36-4/h5-15,30H,16H2,1-4H3,(H,31,34)(H,32,33). The SMILES string of the molecule is COc1ccc(C(=O)Nc2ccc(C(C)(C)CNC(=O)c3c[nH]c4ccc(F)cc34)cc2)cc1OC. The topological polar surface area (TPSA) is 92.5 Å². The number of benzene rings is 3. The Bertz CT molecular complexity index is 1410. The van der Waals surface area contributed by atoms with E-state index in [0.29, 0.717) is 45.8 Å². The third-order valence-electron chi connectivity index (χ3n) is 6.15. The number of methoxy groups -OCH3 is 2. The van der Waals surface area contributed by atoms with Crippen molar-refractivity contribution in [2.45, 2.75) is 19.3 Å². The zero-order valence-corrected chi connectivity index (χ0v) is 20.6. The van der Waals surface area contributed by atoms with Crippen LogP contribution >= 0.6 is 0 Å². The molecule has 7 nitrogen and oxygen atoms in total. The number of H-pyrrole nitrogens is 1. The fraction of sp³-hybridized carbons (Fsp3) is 0.214. The summed E-state index contributed by atoms with van der Waals surface area (Å²) in [7, 11) is 3.05. The molecular formula is C28H28FN3O4. The number of amides is 2. The number of anilines is 1. The van der Waals surface area contributed by atoms with E-state index < -0.39 is 5.82 Å². The van der Waals surface area contributed by atoms with Crippen molar-refractivity contribution in [3.05, 3.63) is 89.4 Å². The van der Waals surface area contributed by atoms with Gasteiger partial charge in [0.05, 0.1) is 19.8 Å². The van der Waals surface area contributed by atoms with Crippen molar-refractivity contribution < 1.29 is 23.5 Å². The summed E-state index contributed by atoms with van der Waals surface area (Å²) in [5.74, 6) is 0.0746. The first-order valence-corrected chi connectivity index (χ1v) is 11.4. The summed E-state index contributed by atoms with van der Waals surface area (Å²) in [6, 6.07) is 16.7. The van der Waals surface area contributed by atoms with Crippen LogP contribution in [0.4, 0.5) is 10.1 Å². The highest BCUT2D eigenvalue weighted by molar-refractivity contribution is 6.07. The van der Waals surface area contributed by atoms with Crippen molar-refractivity contribution in [3.8, 4) is 11.5 Å². The van der Waals surface area contributed by atoms with Crippen LogP contribution in [0.1, 0.15) is 40.1 Å². The second-order valence-corrected chi connectivity index (χ2v) is 9.06. The van der Waals surface area contributed by atoms with E-state index in [9.17, 15) is 14.0 Å². The number of rotatable bonds is 8. The van der Waals surface area contributed by atoms with Crippen LogP contribution < -0.4 is 20.1 Å². The van der Waals surface area contributed by atoms with Crippen LogP contribution in [0.3, 0.4) is 0 Å². The van der Waals surface area contributed by atoms with Crippen molar-refractivity contribution in [1.82, 2.24) is 10.3 Å². The normalized spacial score (nSPS) is 11.2. The molecule has 1 heterocycles. The van der Waals surface area contributed by atoms with Crippen molar-refractivity contribution in [2.24, 2.45) is 0 Å². The van der Waals surface area contributed by atoms with Gasteiger partial charge in [-0.05, 0) is 54.1 Å². The van der Waals surface area contributed by atoms with Crippen molar-refractivity contribution in [2.75, 3.05) is 26.1 Å². The smallest absolute Gasteiger partial charge is 0.255 e. The lowest BCUT2D eigenvalue weighted by molar-refractivity contribution is 0.0946. The van der Waals surface area contributed by atoms with E-state index in [1.54, 1.807) is 30.5 Å². The van der Waals surface area contributed by atoms with E-state index in [0.717, 1.165) is 5.56 Å². The largest absolute Gasteiger partial charge is 0.493 e. The highest BCUT2D eigenvalue weighted by Gasteiger charge is 2.23. The summed E-state index contributed by atoms with van der Waals surface area (Å²) in [5, 5.41) is 6.37. The highest BCUT2D eigenvalue weighted by Crippen LogP contribution is 2.29. The number of carbonyl (C=O) groups is 2. The minimum Gasteiger partial charge on any atom is -0.493 e. The van der Waals surface area contributed by atoms with Gasteiger partial charge in [-0.25, -0.2) is 4.39 Å². The zero-order valence-electron chi connectivity index (χ0n) is 20.6. The molecule has 0 saturated carbocycles. The first-order chi connectivity index (χ1) is 17.2. The molecule has 3 N–H and O–H groups in total. The molecule has 0 atom stereocenters. The zero-order chi connectivity index (χ0) is 25.9. The molecule has 4 aromatic rings. The molecule has 0 spiro atoms. The number of hydrogen-bond acceptors (Lipinski definition) is 4. The van der Waals surface area contributed by atoms with Gasteiger partial charge in [0.2, 0.25) is 0 Å². The van der Waals surface area contributed by atoms with Gasteiger partial charge in [-0.2, -0.15) is 0 Å². The molecule has 0 radical (unpaired) electrons. The predicted molar refractivity (Wildman–Crippen MR) is 138 cm³/mol. The Hall–Kier alpha value is -4.33. The Morgan fingerprint density at radius 1 is 0.917 bits per heavy atom. The number of carbonyl (C=O) groups excluding carboxylic acids is 2. The molecule has 0 unspecified atom stereocenters. The minimum absolute atomic E-state index is 0.273. The third-order valence-corrected chi connectivity index (χ3v) is 6.15. The Morgan fingerprint density at radius 2 is 1.64 bits per heavy atom. The molecule has 3 aromatic carbocycles. The maximum absolute atomic E-state index is 13.6. The van der Waals surface area contributed by atoms with Gasteiger partial charge in [0.1, 0.15) is 5.82 Å². The van der Waals surface area contributed by atoms with Crippen molar-refractivity contribution in [3.63, 3.8) is 0 Å². The fourth-order valence-electron chi connectivity index (χ4n) is 3.96. The van der Waals surface area contributed by atoms with Crippen LogP contribution in [-0.2, 0) is 5.41 Å². The molecule has 1 aromatic heterocycles. The lowest BCUT2D eigenvalue weighted by Gasteiger charge is -2.26. The van der Waals surface area contributed by atoms with E-state index >= 15 is 0 Å². The average molecular weight is 490 g/mol. The fourth-order valence-corrected chi connectivity index (χ4v) is 3.96. The molecule has 4 rings (SSSR count). The summed E-state index contributed by atoms with van der Waals surface area (Å²) >= 11 is 0. The number of nitrogens with one attached hydrogen (secondary N) is 3. The summed E-state index contributed by atoms with van der Waals surface area (Å²) < 4.78 is 24.1. The van der Waals surface area contributed by atoms with Gasteiger partial charge in [-0.1, -0.05) is 26.0 Å². The summed E-state index contributed by atoms with van der Waals surface area (Å²) in [6.07, 6.45) is 1.59. The molecule has 0 fully saturated rings. The van der Waals surface area contributed by atoms with Gasteiger partial charge in [0.15, 0.2) is 11.5 Å². The Morgan fingerprint density at radius 3 is 2.33 bits per heavy atom. The maximum Gasteiger partial charge on any atom is 0.255 e. The summed E-state index contributed by atoms with van der Waals surface area (Å²) in [6.45, 7) is 4.39. The number of ether oxygens (including phenoxy) is 2. The van der Waals surface area contributed by atoms with Crippen LogP contribution in [0, 0.1) is 5.82 Å². The van der Waals surface area contributed by atoms with Gasteiger partial charge in [-0.15, -0.1) is 0 Å². The molecule has 0 aliphatic rings. The van der Waals surface area contributed by atoms with Gasteiger partial charge in [0, 0.05) is 40.3 Å². The molecular weight excluding hydrogens is 461 g/mol. The van der Waals surface area contributed by atoms with E-state index in [-0.39, 0.29) is 17.2 Å². The molecule has 36 heavy (non-hydrogen) atoms. The van der Waals surface area contributed by atoms with Crippen LogP contribution in [0.2, 0.25) is 0 Å². The van der Waals surface area contributed by atoms with Gasteiger partial charge in [0.25, 0.3) is 11.8 Å². The second kappa shape index (κ2) is 10.1. The Kier molecular flexibility index (Phi) is 6.96. The van der Waals surface area contributed by atoms with E-state index in [2.05, 4.69) is 15.6 Å². The summed E-state index contributed by atoms with van der Waals surface area (Å²) in [4.78, 5) is 28.5. The number of halogens is 1. The van der Waals surface area contributed by atoms with Crippen LogP contribution in [0.25, 0.3) is 10.9 Å². The molecule has 2 amide bonds. The van der Waals surface area contributed by atoms with Gasteiger partial charge < -0.3 is 25.1 Å². The predicted octanol–water partition coefficient (Wildman–Crippen LogP) is 5.28. The van der Waals surface area contributed by atoms with E-state index in [4.69, 9.17) is 9.47 Å². The third kappa shape index (κ3) is 5.17. The number of fused-ring (bicyclic) bond motifs is 1. The molecule has 0 aliphatic heterocycles. The van der Waals surface area contributed by atoms with Crippen LogP contribution in [0.5, 0.6) is 11.5 Å². The quantitative estimate of drug-likeness (QED) is 0.314. The summed E-state index contributed by atoms with van der Waals surface area (Å²) in [5.41, 5.74) is 2.77. The average Bonchev–Trinajstić information content (AvgIpc) is 3.30. The van der Waals surface area contributed by atoms with Crippen molar-refractivity contribution >= 4 is 28.4 Å². The minimum atomic E-state index is -0.394. The van der Waals surface area contributed by atoms with Crippen LogP contribution in [-0.4, -0.2) is 37.6 Å². The molecule has 8 heteroatoms. The molecule has 0 aliphatic carbocycles. The van der Waals surface area contributed by atoms with Gasteiger partial charge >= 0.3 is 0 Å². The molecule has 0 saturated heterocycles. The van der Waals surface area contributed by atoms with Gasteiger partial charge in [-0.3, -0.25) is 9.59 Å². The Balaban J connectivity index is 1.40. The first kappa shape index (κ1) is 24.8. The van der Waals surface area contributed by atoms with E-state index in [1.165, 1.54) is 26.4 Å². The lowest BCUT2D eigenvalue weighted by atomic mass is 9.84. The second-order valence-electron chi connectivity index (χ2n) is 9.06. The number of aromatic amines is 1. The number of aromatic nitrogens is 1. The first-order valence-electron chi connectivity index (χ1n) is 11.4. The lowest BCUT2D eigenvalue weighted by Crippen LogP contribution is -2.36. The number of hydrogen-bond donors (Lipinski definition) is 3. The molecule has 0 bridgehead atoms.